The lowest BCUT2D eigenvalue weighted by Gasteiger charge is -2.02. The van der Waals surface area contributed by atoms with Crippen LogP contribution in [0.2, 0.25) is 0 Å². The summed E-state index contributed by atoms with van der Waals surface area (Å²) in [6, 6.07) is 7.83. The molecule has 0 spiro atoms. The van der Waals surface area contributed by atoms with Gasteiger partial charge >= 0.3 is 0 Å². The Hall–Kier alpha value is -1.95. The van der Waals surface area contributed by atoms with E-state index >= 15 is 0 Å². The normalized spacial score (nSPS) is 10.1. The smallest absolute Gasteiger partial charge is 0.137 e. The van der Waals surface area contributed by atoms with Gasteiger partial charge in [-0.05, 0) is 25.1 Å². The van der Waals surface area contributed by atoms with Gasteiger partial charge in [0, 0.05) is 16.6 Å². The zero-order chi connectivity index (χ0) is 10.1. The lowest BCUT2D eigenvalue weighted by Crippen LogP contribution is -1.87. The Bertz CT molecular complexity index is 520. The van der Waals surface area contributed by atoms with Crippen molar-refractivity contribution in [3.63, 3.8) is 0 Å². The average molecular weight is 186 g/mol. The number of aryl methyl sites for hydroxylation is 1. The summed E-state index contributed by atoms with van der Waals surface area (Å²) >= 11 is 0. The highest BCUT2D eigenvalue weighted by atomic mass is 16.5. The monoisotopic (exact) mass is 186 g/mol. The molecule has 2 rings (SSSR count). The molecule has 1 aromatic heterocycles. The number of methoxy groups -OCH3 is 1. The number of H-pyrrole nitrogens is 1. The summed E-state index contributed by atoms with van der Waals surface area (Å²) in [5, 5.41) is 9.93. The van der Waals surface area contributed by atoms with Crippen molar-refractivity contribution < 1.29 is 4.74 Å². The summed E-state index contributed by atoms with van der Waals surface area (Å²) in [5.74, 6) is 0.624. The third-order valence-corrected chi connectivity index (χ3v) is 2.23. The van der Waals surface area contributed by atoms with Crippen molar-refractivity contribution in [1.82, 2.24) is 4.98 Å². The van der Waals surface area contributed by atoms with E-state index in [2.05, 4.69) is 11.1 Å². The van der Waals surface area contributed by atoms with Crippen molar-refractivity contribution >= 4 is 10.9 Å². The number of hydrogen-bond acceptors (Lipinski definition) is 2. The van der Waals surface area contributed by atoms with Crippen LogP contribution in [0.15, 0.2) is 18.2 Å². The van der Waals surface area contributed by atoms with Crippen LogP contribution in [-0.2, 0) is 0 Å². The van der Waals surface area contributed by atoms with Crippen LogP contribution in [0.4, 0.5) is 0 Å². The Morgan fingerprint density at radius 2 is 2.21 bits per heavy atom. The maximum absolute atomic E-state index is 9.01. The van der Waals surface area contributed by atoms with E-state index in [1.807, 2.05) is 19.1 Å². The van der Waals surface area contributed by atoms with E-state index in [1.54, 1.807) is 13.2 Å². The van der Waals surface area contributed by atoms with Crippen LogP contribution in [0.5, 0.6) is 5.75 Å². The number of benzene rings is 1. The standard InChI is InChI=1S/C11H10N2O/c1-7-5-8-9(6-12)11(14-2)4-3-10(8)13-7/h3-5,13H,1-2H3. The molecule has 70 valence electrons. The van der Waals surface area contributed by atoms with Gasteiger partial charge in [0.1, 0.15) is 17.4 Å². The molecule has 0 unspecified atom stereocenters. The maximum atomic E-state index is 9.01. The number of aromatic amines is 1. The number of rotatable bonds is 1. The summed E-state index contributed by atoms with van der Waals surface area (Å²) in [4.78, 5) is 3.18. The van der Waals surface area contributed by atoms with E-state index in [-0.39, 0.29) is 0 Å². The van der Waals surface area contributed by atoms with Crippen molar-refractivity contribution in [2.45, 2.75) is 6.92 Å². The van der Waals surface area contributed by atoms with E-state index in [0.717, 1.165) is 16.6 Å². The molecule has 2 aromatic rings. The fourth-order valence-electron chi connectivity index (χ4n) is 1.61. The van der Waals surface area contributed by atoms with Crippen molar-refractivity contribution in [3.8, 4) is 11.8 Å². The number of ether oxygens (including phenoxy) is 1. The van der Waals surface area contributed by atoms with Gasteiger partial charge in [0.2, 0.25) is 0 Å². The van der Waals surface area contributed by atoms with Crippen molar-refractivity contribution in [1.29, 1.82) is 5.26 Å². The molecular weight excluding hydrogens is 176 g/mol. The minimum Gasteiger partial charge on any atom is -0.495 e. The fourth-order valence-corrected chi connectivity index (χ4v) is 1.61. The van der Waals surface area contributed by atoms with Crippen LogP contribution in [-0.4, -0.2) is 12.1 Å². The van der Waals surface area contributed by atoms with E-state index < -0.39 is 0 Å². The highest BCUT2D eigenvalue weighted by Crippen LogP contribution is 2.27. The lowest BCUT2D eigenvalue weighted by atomic mass is 10.1. The van der Waals surface area contributed by atoms with Gasteiger partial charge in [0.25, 0.3) is 0 Å². The number of hydrogen-bond donors (Lipinski definition) is 1. The van der Waals surface area contributed by atoms with Gasteiger partial charge in [0.15, 0.2) is 0 Å². The quantitative estimate of drug-likeness (QED) is 0.743. The summed E-state index contributed by atoms with van der Waals surface area (Å²) in [6.45, 7) is 1.97. The van der Waals surface area contributed by atoms with Gasteiger partial charge in [0.05, 0.1) is 7.11 Å². The summed E-state index contributed by atoms with van der Waals surface area (Å²) in [6.07, 6.45) is 0. The third-order valence-electron chi connectivity index (χ3n) is 2.23. The predicted molar refractivity (Wildman–Crippen MR) is 54.3 cm³/mol. The minimum atomic E-state index is 0.592. The number of nitrogens with one attached hydrogen (secondary N) is 1. The Morgan fingerprint density at radius 1 is 1.43 bits per heavy atom. The molecule has 3 heteroatoms. The van der Waals surface area contributed by atoms with E-state index in [1.165, 1.54) is 0 Å². The second kappa shape index (κ2) is 3.08. The first-order valence-corrected chi connectivity index (χ1v) is 4.32. The molecule has 0 aliphatic rings. The number of fused-ring (bicyclic) bond motifs is 1. The number of nitrogens with zero attached hydrogens (tertiary/aromatic N) is 1. The minimum absolute atomic E-state index is 0.592. The van der Waals surface area contributed by atoms with Gasteiger partial charge in [-0.1, -0.05) is 0 Å². The van der Waals surface area contributed by atoms with E-state index in [9.17, 15) is 0 Å². The lowest BCUT2D eigenvalue weighted by molar-refractivity contribution is 0.414. The number of nitriles is 1. The molecule has 0 saturated heterocycles. The van der Waals surface area contributed by atoms with Crippen LogP contribution >= 0.6 is 0 Å². The summed E-state index contributed by atoms with van der Waals surface area (Å²) < 4.78 is 5.12. The molecule has 0 amide bonds. The Morgan fingerprint density at radius 3 is 2.86 bits per heavy atom. The van der Waals surface area contributed by atoms with Gasteiger partial charge in [-0.25, -0.2) is 0 Å². The third kappa shape index (κ3) is 1.12. The second-order valence-corrected chi connectivity index (χ2v) is 3.17. The largest absolute Gasteiger partial charge is 0.495 e. The summed E-state index contributed by atoms with van der Waals surface area (Å²) in [7, 11) is 1.57. The molecule has 0 bridgehead atoms. The molecule has 0 radical (unpaired) electrons. The fraction of sp³-hybridized carbons (Fsp3) is 0.182. The van der Waals surface area contributed by atoms with Crippen molar-refractivity contribution in [3.05, 3.63) is 29.5 Å². The molecule has 0 saturated carbocycles. The molecule has 14 heavy (non-hydrogen) atoms. The molecular formula is C11H10N2O. The predicted octanol–water partition coefficient (Wildman–Crippen LogP) is 2.36. The number of aromatic nitrogens is 1. The van der Waals surface area contributed by atoms with Gasteiger partial charge < -0.3 is 9.72 Å². The van der Waals surface area contributed by atoms with Gasteiger partial charge in [-0.3, -0.25) is 0 Å². The van der Waals surface area contributed by atoms with E-state index in [4.69, 9.17) is 10.00 Å². The first-order chi connectivity index (χ1) is 6.76. The van der Waals surface area contributed by atoms with Crippen LogP contribution in [0, 0.1) is 18.3 Å². The van der Waals surface area contributed by atoms with E-state index in [0.29, 0.717) is 11.3 Å². The highest BCUT2D eigenvalue weighted by Gasteiger charge is 2.08. The molecule has 3 nitrogen and oxygen atoms in total. The Labute approximate surface area is 81.9 Å². The zero-order valence-corrected chi connectivity index (χ0v) is 8.09. The summed E-state index contributed by atoms with van der Waals surface area (Å²) in [5.41, 5.74) is 2.61. The first kappa shape index (κ1) is 8.64. The SMILES string of the molecule is COc1ccc2[nH]c(C)cc2c1C#N. The van der Waals surface area contributed by atoms with Crippen LogP contribution < -0.4 is 4.74 Å². The molecule has 1 N–H and O–H groups in total. The van der Waals surface area contributed by atoms with Crippen molar-refractivity contribution in [2.75, 3.05) is 7.11 Å². The molecule has 0 fully saturated rings. The molecule has 0 aliphatic heterocycles. The molecule has 0 atom stereocenters. The van der Waals surface area contributed by atoms with Crippen LogP contribution in [0.25, 0.3) is 10.9 Å². The Kier molecular flexibility index (Phi) is 1.90. The molecule has 1 aromatic carbocycles. The highest BCUT2D eigenvalue weighted by molar-refractivity contribution is 5.88. The topological polar surface area (TPSA) is 48.8 Å². The zero-order valence-electron chi connectivity index (χ0n) is 8.09. The maximum Gasteiger partial charge on any atom is 0.137 e. The first-order valence-electron chi connectivity index (χ1n) is 4.32. The molecule has 0 aliphatic carbocycles. The molecule has 1 heterocycles. The van der Waals surface area contributed by atoms with Crippen LogP contribution in [0.1, 0.15) is 11.3 Å². The van der Waals surface area contributed by atoms with Gasteiger partial charge in [-0.2, -0.15) is 5.26 Å². The Balaban J connectivity index is 2.84. The van der Waals surface area contributed by atoms with Crippen LogP contribution in [0.3, 0.4) is 0 Å². The average Bonchev–Trinajstić information content (AvgIpc) is 2.56. The van der Waals surface area contributed by atoms with Gasteiger partial charge in [-0.15, -0.1) is 0 Å². The van der Waals surface area contributed by atoms with Crippen molar-refractivity contribution in [2.24, 2.45) is 0 Å². The second-order valence-electron chi connectivity index (χ2n) is 3.17.